The van der Waals surface area contributed by atoms with Crippen molar-refractivity contribution in [2.75, 3.05) is 6.61 Å². The van der Waals surface area contributed by atoms with E-state index in [1.54, 1.807) is 36.4 Å². The largest absolute Gasteiger partial charge is 0.483 e. The number of esters is 1. The van der Waals surface area contributed by atoms with Crippen LogP contribution in [0.25, 0.3) is 0 Å². The first-order valence-electron chi connectivity index (χ1n) is 9.51. The Morgan fingerprint density at radius 3 is 2.48 bits per heavy atom. The summed E-state index contributed by atoms with van der Waals surface area (Å²) in [6, 6.07) is 19.7. The molecule has 0 saturated heterocycles. The standard InChI is InChI=1S/C24H21BrN2O4/c1-16-7-9-18(10-8-16)24(29)31-22-12-11-20(25)13-19(22)14-26-27-23(28)15-30-21-6-4-3-5-17(21)2/h3-14H,15H2,1-2H3,(H,27,28). The van der Waals surface area contributed by atoms with Crippen LogP contribution >= 0.6 is 15.9 Å². The molecule has 0 fully saturated rings. The molecule has 0 atom stereocenters. The molecule has 1 N–H and O–H groups in total. The quantitative estimate of drug-likeness (QED) is 0.227. The van der Waals surface area contributed by atoms with Crippen molar-refractivity contribution >= 4 is 34.0 Å². The molecule has 0 radical (unpaired) electrons. The molecule has 3 rings (SSSR count). The molecule has 0 saturated carbocycles. The lowest BCUT2D eigenvalue weighted by atomic mass is 10.1. The number of halogens is 1. The average Bonchev–Trinajstić information content (AvgIpc) is 2.75. The van der Waals surface area contributed by atoms with Gasteiger partial charge < -0.3 is 9.47 Å². The van der Waals surface area contributed by atoms with Crippen molar-refractivity contribution < 1.29 is 19.1 Å². The van der Waals surface area contributed by atoms with Crippen LogP contribution in [0.4, 0.5) is 0 Å². The summed E-state index contributed by atoms with van der Waals surface area (Å²) in [6.45, 7) is 3.67. The summed E-state index contributed by atoms with van der Waals surface area (Å²) in [7, 11) is 0. The third-order valence-electron chi connectivity index (χ3n) is 4.31. The minimum atomic E-state index is -0.479. The van der Waals surface area contributed by atoms with Crippen molar-refractivity contribution in [1.29, 1.82) is 0 Å². The van der Waals surface area contributed by atoms with Crippen molar-refractivity contribution in [3.8, 4) is 11.5 Å². The third-order valence-corrected chi connectivity index (χ3v) is 4.80. The molecule has 1 amide bonds. The van der Waals surface area contributed by atoms with Gasteiger partial charge in [-0.05, 0) is 55.8 Å². The smallest absolute Gasteiger partial charge is 0.343 e. The van der Waals surface area contributed by atoms with Crippen LogP contribution in [0.5, 0.6) is 11.5 Å². The predicted molar refractivity (Wildman–Crippen MR) is 123 cm³/mol. The summed E-state index contributed by atoms with van der Waals surface area (Å²) in [5.41, 5.74) is 5.36. The van der Waals surface area contributed by atoms with Gasteiger partial charge in [-0.2, -0.15) is 5.10 Å². The number of amides is 1. The Labute approximate surface area is 189 Å². The number of hydrogen-bond acceptors (Lipinski definition) is 5. The van der Waals surface area contributed by atoms with E-state index < -0.39 is 11.9 Å². The first-order chi connectivity index (χ1) is 14.9. The lowest BCUT2D eigenvalue weighted by Crippen LogP contribution is -2.24. The summed E-state index contributed by atoms with van der Waals surface area (Å²) in [5, 5.41) is 3.95. The highest BCUT2D eigenvalue weighted by molar-refractivity contribution is 9.10. The van der Waals surface area contributed by atoms with Crippen molar-refractivity contribution in [2.24, 2.45) is 5.10 Å². The van der Waals surface area contributed by atoms with Crippen LogP contribution in [-0.2, 0) is 4.79 Å². The van der Waals surface area contributed by atoms with Crippen LogP contribution < -0.4 is 14.9 Å². The maximum Gasteiger partial charge on any atom is 0.343 e. The van der Waals surface area contributed by atoms with Gasteiger partial charge in [-0.3, -0.25) is 4.79 Å². The highest BCUT2D eigenvalue weighted by Gasteiger charge is 2.12. The van der Waals surface area contributed by atoms with E-state index in [1.165, 1.54) is 6.21 Å². The molecule has 0 heterocycles. The second kappa shape index (κ2) is 10.5. The number of hydrazone groups is 1. The number of nitrogens with zero attached hydrogens (tertiary/aromatic N) is 1. The number of rotatable bonds is 7. The van der Waals surface area contributed by atoms with Gasteiger partial charge in [-0.25, -0.2) is 10.2 Å². The number of aryl methyl sites for hydroxylation is 2. The number of nitrogens with one attached hydrogen (secondary N) is 1. The Kier molecular flexibility index (Phi) is 7.56. The second-order valence-electron chi connectivity index (χ2n) is 6.79. The van der Waals surface area contributed by atoms with Crippen LogP contribution in [0, 0.1) is 13.8 Å². The van der Waals surface area contributed by atoms with Crippen molar-refractivity contribution in [3.05, 3.63) is 93.5 Å². The molecule has 0 aliphatic heterocycles. The van der Waals surface area contributed by atoms with E-state index in [-0.39, 0.29) is 6.61 Å². The molecular weight excluding hydrogens is 460 g/mol. The van der Waals surface area contributed by atoms with E-state index in [1.807, 2.05) is 44.2 Å². The van der Waals surface area contributed by atoms with Gasteiger partial charge in [-0.15, -0.1) is 0 Å². The molecule has 3 aromatic carbocycles. The van der Waals surface area contributed by atoms with Gasteiger partial charge in [0.05, 0.1) is 11.8 Å². The van der Waals surface area contributed by atoms with E-state index in [2.05, 4.69) is 26.5 Å². The molecule has 6 nitrogen and oxygen atoms in total. The number of ether oxygens (including phenoxy) is 2. The molecular formula is C24H21BrN2O4. The molecule has 3 aromatic rings. The fourth-order valence-corrected chi connectivity index (χ4v) is 3.01. The van der Waals surface area contributed by atoms with Gasteiger partial charge in [0, 0.05) is 10.0 Å². The van der Waals surface area contributed by atoms with Gasteiger partial charge in [-0.1, -0.05) is 51.8 Å². The monoisotopic (exact) mass is 480 g/mol. The summed E-state index contributed by atoms with van der Waals surface area (Å²) >= 11 is 3.38. The number of carbonyl (C=O) groups excluding carboxylic acids is 2. The third kappa shape index (κ3) is 6.52. The summed E-state index contributed by atoms with van der Waals surface area (Å²) < 4.78 is 11.8. The van der Waals surface area contributed by atoms with Crippen molar-refractivity contribution in [1.82, 2.24) is 5.43 Å². The van der Waals surface area contributed by atoms with Crippen LogP contribution in [0.2, 0.25) is 0 Å². The number of para-hydroxylation sites is 1. The summed E-state index contributed by atoms with van der Waals surface area (Å²) in [5.74, 6) is 0.0715. The Balaban J connectivity index is 1.62. The van der Waals surface area contributed by atoms with Gasteiger partial charge >= 0.3 is 5.97 Å². The van der Waals surface area contributed by atoms with E-state index in [0.29, 0.717) is 22.6 Å². The molecule has 0 bridgehead atoms. The van der Waals surface area contributed by atoms with E-state index in [9.17, 15) is 9.59 Å². The summed E-state index contributed by atoms with van der Waals surface area (Å²) in [6.07, 6.45) is 1.41. The zero-order chi connectivity index (χ0) is 22.2. The highest BCUT2D eigenvalue weighted by Crippen LogP contribution is 2.23. The molecule has 0 spiro atoms. The number of benzene rings is 3. The van der Waals surface area contributed by atoms with Crippen LogP contribution in [-0.4, -0.2) is 24.7 Å². The Morgan fingerprint density at radius 2 is 1.74 bits per heavy atom. The highest BCUT2D eigenvalue weighted by atomic mass is 79.9. The maximum atomic E-state index is 12.4. The molecule has 158 valence electrons. The van der Waals surface area contributed by atoms with Crippen LogP contribution in [0.15, 0.2) is 76.3 Å². The Bertz CT molecular complexity index is 1110. The second-order valence-corrected chi connectivity index (χ2v) is 7.70. The normalized spacial score (nSPS) is 10.7. The molecule has 7 heteroatoms. The minimum absolute atomic E-state index is 0.171. The maximum absolute atomic E-state index is 12.4. The zero-order valence-electron chi connectivity index (χ0n) is 17.1. The van der Waals surface area contributed by atoms with E-state index in [0.717, 1.165) is 15.6 Å². The lowest BCUT2D eigenvalue weighted by molar-refractivity contribution is -0.123. The first-order valence-corrected chi connectivity index (χ1v) is 10.3. The van der Waals surface area contributed by atoms with Crippen molar-refractivity contribution in [2.45, 2.75) is 13.8 Å². The first kappa shape index (κ1) is 22.2. The fraction of sp³-hybridized carbons (Fsp3) is 0.125. The van der Waals surface area contributed by atoms with Gasteiger partial charge in [0.25, 0.3) is 5.91 Å². The number of carbonyl (C=O) groups is 2. The molecule has 31 heavy (non-hydrogen) atoms. The molecule has 0 unspecified atom stereocenters. The van der Waals surface area contributed by atoms with Gasteiger partial charge in [0.15, 0.2) is 6.61 Å². The van der Waals surface area contributed by atoms with Crippen molar-refractivity contribution in [3.63, 3.8) is 0 Å². The molecule has 0 aliphatic rings. The average molecular weight is 481 g/mol. The minimum Gasteiger partial charge on any atom is -0.483 e. The fourth-order valence-electron chi connectivity index (χ4n) is 2.63. The van der Waals surface area contributed by atoms with E-state index in [4.69, 9.17) is 9.47 Å². The van der Waals surface area contributed by atoms with E-state index >= 15 is 0 Å². The number of hydrogen-bond donors (Lipinski definition) is 1. The summed E-state index contributed by atoms with van der Waals surface area (Å²) in [4.78, 5) is 24.4. The topological polar surface area (TPSA) is 77.0 Å². The van der Waals surface area contributed by atoms with Gasteiger partial charge in [0.2, 0.25) is 0 Å². The van der Waals surface area contributed by atoms with Crippen LogP contribution in [0.3, 0.4) is 0 Å². The predicted octanol–water partition coefficient (Wildman–Crippen LogP) is 4.81. The molecule has 0 aliphatic carbocycles. The zero-order valence-corrected chi connectivity index (χ0v) is 18.7. The van der Waals surface area contributed by atoms with Crippen LogP contribution in [0.1, 0.15) is 27.0 Å². The SMILES string of the molecule is Cc1ccc(C(=O)Oc2ccc(Br)cc2C=NNC(=O)COc2ccccc2C)cc1. The van der Waals surface area contributed by atoms with Gasteiger partial charge in [0.1, 0.15) is 11.5 Å². The molecule has 0 aromatic heterocycles. The Morgan fingerprint density at radius 1 is 1.00 bits per heavy atom. The Hall–Kier alpha value is -3.45. The lowest BCUT2D eigenvalue weighted by Gasteiger charge is -2.09.